The summed E-state index contributed by atoms with van der Waals surface area (Å²) in [6, 6.07) is 14.8. The number of amides is 1. The monoisotopic (exact) mass is 490 g/mol. The Hall–Kier alpha value is -4.66. The lowest BCUT2D eigenvalue weighted by Crippen LogP contribution is -2.24. The van der Waals surface area contributed by atoms with Gasteiger partial charge in [-0.25, -0.2) is 4.39 Å². The van der Waals surface area contributed by atoms with Crippen LogP contribution in [-0.2, 0) is 11.3 Å². The van der Waals surface area contributed by atoms with E-state index in [4.69, 9.17) is 14.2 Å². The summed E-state index contributed by atoms with van der Waals surface area (Å²) in [6.45, 7) is -0.215. The topological polar surface area (TPSA) is 95.9 Å². The van der Waals surface area contributed by atoms with Crippen molar-refractivity contribution in [2.75, 3.05) is 26.6 Å². The number of pyridine rings is 1. The summed E-state index contributed by atoms with van der Waals surface area (Å²) in [5.74, 6) is -0.286. The molecule has 0 aliphatic carbocycles. The Kier molecular flexibility index (Phi) is 7.00. The first-order valence-electron chi connectivity index (χ1n) is 10.9. The van der Waals surface area contributed by atoms with Gasteiger partial charge in [0.05, 0.1) is 37.8 Å². The van der Waals surface area contributed by atoms with Crippen molar-refractivity contribution in [2.45, 2.75) is 6.54 Å². The van der Waals surface area contributed by atoms with Gasteiger partial charge >= 0.3 is 0 Å². The Balaban J connectivity index is 1.82. The summed E-state index contributed by atoms with van der Waals surface area (Å²) >= 11 is 0. The third kappa shape index (κ3) is 4.90. The third-order valence-electron chi connectivity index (χ3n) is 5.60. The van der Waals surface area contributed by atoms with E-state index in [9.17, 15) is 18.8 Å². The van der Waals surface area contributed by atoms with Crippen molar-refractivity contribution in [1.29, 1.82) is 0 Å². The molecule has 0 radical (unpaired) electrons. The standard InChI is InChI=1S/C27H23FN2O6/c1-34-19-6-4-5-18(11-19)29-25(31)15-30-14-21(26(32)16-7-9-17(28)10-8-16)27(33)20-12-23(35-2)24(36-3)13-22(20)30/h4-14H,15H2,1-3H3,(H,29,31). The molecule has 1 aromatic heterocycles. The van der Waals surface area contributed by atoms with E-state index >= 15 is 0 Å². The zero-order valence-corrected chi connectivity index (χ0v) is 19.8. The van der Waals surface area contributed by atoms with Crippen molar-refractivity contribution >= 4 is 28.3 Å². The van der Waals surface area contributed by atoms with E-state index in [0.29, 0.717) is 28.5 Å². The first kappa shape index (κ1) is 24.5. The Bertz CT molecular complexity index is 1510. The summed E-state index contributed by atoms with van der Waals surface area (Å²) in [7, 11) is 4.40. The Labute approximate surface area is 205 Å². The molecule has 0 aliphatic heterocycles. The molecule has 4 aromatic rings. The molecule has 1 amide bonds. The summed E-state index contributed by atoms with van der Waals surface area (Å²) in [5.41, 5.74) is 0.307. The molecule has 4 rings (SSSR count). The van der Waals surface area contributed by atoms with Gasteiger partial charge in [0.15, 0.2) is 17.3 Å². The molecule has 1 N–H and O–H groups in total. The number of carbonyl (C=O) groups is 2. The minimum absolute atomic E-state index is 0.140. The highest BCUT2D eigenvalue weighted by Gasteiger charge is 2.20. The Morgan fingerprint density at radius 2 is 1.61 bits per heavy atom. The van der Waals surface area contributed by atoms with Crippen LogP contribution in [0.5, 0.6) is 17.2 Å². The first-order chi connectivity index (χ1) is 17.3. The lowest BCUT2D eigenvalue weighted by molar-refractivity contribution is -0.116. The fourth-order valence-electron chi connectivity index (χ4n) is 3.82. The zero-order chi connectivity index (χ0) is 25.8. The van der Waals surface area contributed by atoms with Crippen LogP contribution in [0.3, 0.4) is 0 Å². The number of hydrogen-bond acceptors (Lipinski definition) is 6. The van der Waals surface area contributed by atoms with Gasteiger partial charge in [-0.05, 0) is 42.5 Å². The number of nitrogens with zero attached hydrogens (tertiary/aromatic N) is 1. The van der Waals surface area contributed by atoms with Gasteiger partial charge < -0.3 is 24.1 Å². The summed E-state index contributed by atoms with van der Waals surface area (Å²) in [4.78, 5) is 39.5. The second-order valence-electron chi connectivity index (χ2n) is 7.84. The number of ketones is 1. The summed E-state index contributed by atoms with van der Waals surface area (Å²) < 4.78 is 30.7. The SMILES string of the molecule is COc1cccc(NC(=O)Cn2cc(C(=O)c3ccc(F)cc3)c(=O)c3cc(OC)c(OC)cc32)c1. The number of halogens is 1. The van der Waals surface area contributed by atoms with Crippen molar-refractivity contribution in [1.82, 2.24) is 4.57 Å². The maximum absolute atomic E-state index is 13.4. The van der Waals surface area contributed by atoms with E-state index in [1.165, 1.54) is 50.3 Å². The third-order valence-corrected chi connectivity index (χ3v) is 5.60. The normalized spacial score (nSPS) is 10.7. The molecule has 3 aromatic carbocycles. The van der Waals surface area contributed by atoms with Crippen molar-refractivity contribution in [3.05, 3.63) is 94.0 Å². The number of anilines is 1. The Morgan fingerprint density at radius 3 is 2.28 bits per heavy atom. The van der Waals surface area contributed by atoms with E-state index in [0.717, 1.165) is 12.1 Å². The van der Waals surface area contributed by atoms with Gasteiger partial charge in [-0.1, -0.05) is 6.07 Å². The molecule has 0 spiro atoms. The number of nitrogens with one attached hydrogen (secondary N) is 1. The van der Waals surface area contributed by atoms with E-state index in [1.54, 1.807) is 30.3 Å². The number of hydrogen-bond donors (Lipinski definition) is 1. The molecule has 1 heterocycles. The number of fused-ring (bicyclic) bond motifs is 1. The van der Waals surface area contributed by atoms with Gasteiger partial charge in [-0.15, -0.1) is 0 Å². The fraction of sp³-hybridized carbons (Fsp3) is 0.148. The van der Waals surface area contributed by atoms with Crippen molar-refractivity contribution in [3.63, 3.8) is 0 Å². The molecule has 0 aliphatic rings. The molecule has 0 saturated heterocycles. The summed E-state index contributed by atoms with van der Waals surface area (Å²) in [6.07, 6.45) is 1.33. The number of rotatable bonds is 8. The predicted molar refractivity (Wildman–Crippen MR) is 133 cm³/mol. The van der Waals surface area contributed by atoms with Crippen molar-refractivity contribution in [3.8, 4) is 17.2 Å². The highest BCUT2D eigenvalue weighted by Crippen LogP contribution is 2.31. The second kappa shape index (κ2) is 10.3. The molecule has 36 heavy (non-hydrogen) atoms. The lowest BCUT2D eigenvalue weighted by Gasteiger charge is -2.16. The van der Waals surface area contributed by atoms with Gasteiger partial charge in [-0.2, -0.15) is 0 Å². The smallest absolute Gasteiger partial charge is 0.244 e. The van der Waals surface area contributed by atoms with Gasteiger partial charge in [-0.3, -0.25) is 14.4 Å². The average molecular weight is 490 g/mol. The minimum Gasteiger partial charge on any atom is -0.497 e. The maximum atomic E-state index is 13.4. The van der Waals surface area contributed by atoms with E-state index in [-0.39, 0.29) is 23.1 Å². The van der Waals surface area contributed by atoms with Crippen LogP contribution in [0.1, 0.15) is 15.9 Å². The number of aromatic nitrogens is 1. The molecule has 0 unspecified atom stereocenters. The number of ether oxygens (including phenoxy) is 3. The fourth-order valence-corrected chi connectivity index (χ4v) is 3.82. The molecule has 0 fully saturated rings. The molecule has 184 valence electrons. The van der Waals surface area contributed by atoms with Crippen LogP contribution >= 0.6 is 0 Å². The Morgan fingerprint density at radius 1 is 0.917 bits per heavy atom. The lowest BCUT2D eigenvalue weighted by atomic mass is 10.0. The number of methoxy groups -OCH3 is 3. The molecule has 9 heteroatoms. The van der Waals surface area contributed by atoms with Crippen LogP contribution in [-0.4, -0.2) is 37.6 Å². The highest BCUT2D eigenvalue weighted by molar-refractivity contribution is 6.10. The van der Waals surface area contributed by atoms with Crippen LogP contribution in [0.25, 0.3) is 10.9 Å². The maximum Gasteiger partial charge on any atom is 0.244 e. The summed E-state index contributed by atoms with van der Waals surface area (Å²) in [5, 5.41) is 2.94. The molecule has 0 bridgehead atoms. The number of carbonyl (C=O) groups excluding carboxylic acids is 2. The van der Waals surface area contributed by atoms with Crippen LogP contribution in [0, 0.1) is 5.82 Å². The molecule has 0 atom stereocenters. The second-order valence-corrected chi connectivity index (χ2v) is 7.84. The minimum atomic E-state index is -0.598. The van der Waals surface area contributed by atoms with Gasteiger partial charge in [0.1, 0.15) is 18.1 Å². The molecule has 0 saturated carbocycles. The van der Waals surface area contributed by atoms with Crippen LogP contribution in [0.2, 0.25) is 0 Å². The molecular formula is C27H23FN2O6. The van der Waals surface area contributed by atoms with E-state index in [2.05, 4.69) is 5.32 Å². The van der Waals surface area contributed by atoms with Crippen molar-refractivity contribution in [2.24, 2.45) is 0 Å². The van der Waals surface area contributed by atoms with Gasteiger partial charge in [0, 0.05) is 29.6 Å². The van der Waals surface area contributed by atoms with E-state index in [1.807, 2.05) is 0 Å². The van der Waals surface area contributed by atoms with Gasteiger partial charge in [0.2, 0.25) is 11.3 Å². The average Bonchev–Trinajstić information content (AvgIpc) is 2.89. The molecular weight excluding hydrogens is 467 g/mol. The highest BCUT2D eigenvalue weighted by atomic mass is 19.1. The van der Waals surface area contributed by atoms with Crippen LogP contribution in [0.4, 0.5) is 10.1 Å². The largest absolute Gasteiger partial charge is 0.497 e. The predicted octanol–water partition coefficient (Wildman–Crippen LogP) is 4.04. The first-order valence-corrected chi connectivity index (χ1v) is 10.9. The van der Waals surface area contributed by atoms with E-state index < -0.39 is 22.9 Å². The number of benzene rings is 3. The van der Waals surface area contributed by atoms with Gasteiger partial charge in [0.25, 0.3) is 0 Å². The van der Waals surface area contributed by atoms with Crippen LogP contribution in [0.15, 0.2) is 71.7 Å². The molecule has 8 nitrogen and oxygen atoms in total. The van der Waals surface area contributed by atoms with Crippen LogP contribution < -0.4 is 25.0 Å². The van der Waals surface area contributed by atoms with Crippen molar-refractivity contribution < 1.29 is 28.2 Å². The zero-order valence-electron chi connectivity index (χ0n) is 19.8. The quantitative estimate of drug-likeness (QED) is 0.375.